The summed E-state index contributed by atoms with van der Waals surface area (Å²) in [6.07, 6.45) is 3.87. The summed E-state index contributed by atoms with van der Waals surface area (Å²) in [5, 5.41) is 5.31. The van der Waals surface area contributed by atoms with E-state index in [1.807, 2.05) is 37.6 Å². The highest BCUT2D eigenvalue weighted by Crippen LogP contribution is 2.47. The molecule has 6 rings (SSSR count). The molecule has 0 unspecified atom stereocenters. The van der Waals surface area contributed by atoms with E-state index in [2.05, 4.69) is 41.0 Å². The Kier molecular flexibility index (Phi) is 4.23. The van der Waals surface area contributed by atoms with Crippen molar-refractivity contribution in [2.45, 2.75) is 19.3 Å². The van der Waals surface area contributed by atoms with Crippen molar-refractivity contribution in [1.82, 2.24) is 14.8 Å². The van der Waals surface area contributed by atoms with Crippen molar-refractivity contribution in [3.05, 3.63) is 65.1 Å². The van der Waals surface area contributed by atoms with E-state index >= 15 is 0 Å². The Bertz CT molecular complexity index is 1420. The van der Waals surface area contributed by atoms with Crippen LogP contribution in [-0.4, -0.2) is 46.9 Å². The molecule has 7 heteroatoms. The van der Waals surface area contributed by atoms with Crippen LogP contribution in [0.1, 0.15) is 41.0 Å². The predicted molar refractivity (Wildman–Crippen MR) is 130 cm³/mol. The summed E-state index contributed by atoms with van der Waals surface area (Å²) < 4.78 is 7.40. The molecule has 2 aromatic carbocycles. The Morgan fingerprint density at radius 2 is 1.91 bits per heavy atom. The van der Waals surface area contributed by atoms with Gasteiger partial charge in [0.15, 0.2) is 5.78 Å². The number of hydrogen-bond donors (Lipinski definition) is 2. The topological polar surface area (TPSA) is 89.2 Å². The number of nitrogen functional groups attached to an aromatic ring is 1. The van der Waals surface area contributed by atoms with Gasteiger partial charge in [0.25, 0.3) is 0 Å². The highest BCUT2D eigenvalue weighted by atomic mass is 16.5. The van der Waals surface area contributed by atoms with E-state index in [4.69, 9.17) is 10.5 Å². The first-order valence-corrected chi connectivity index (χ1v) is 11.3. The van der Waals surface area contributed by atoms with E-state index in [0.29, 0.717) is 18.9 Å². The number of aromatic nitrogens is 3. The van der Waals surface area contributed by atoms with Crippen molar-refractivity contribution in [2.24, 2.45) is 7.05 Å². The Morgan fingerprint density at radius 1 is 1.12 bits per heavy atom. The van der Waals surface area contributed by atoms with Gasteiger partial charge >= 0.3 is 0 Å². The number of hydrogen-bond acceptors (Lipinski definition) is 5. The molecule has 3 N–H and O–H groups in total. The number of nitrogens with two attached hydrogens (primary N) is 1. The van der Waals surface area contributed by atoms with Crippen LogP contribution in [-0.2, 0) is 17.2 Å². The van der Waals surface area contributed by atoms with E-state index in [9.17, 15) is 4.79 Å². The molecule has 0 radical (unpaired) electrons. The Balaban J connectivity index is 1.62. The number of morpholine rings is 1. The number of nitrogens with one attached hydrogen (secondary N) is 1. The molecule has 168 valence electrons. The van der Waals surface area contributed by atoms with Gasteiger partial charge in [0, 0.05) is 76.4 Å². The molecule has 1 saturated heterocycles. The maximum atomic E-state index is 13.9. The van der Waals surface area contributed by atoms with Gasteiger partial charge in [0.2, 0.25) is 0 Å². The van der Waals surface area contributed by atoms with Gasteiger partial charge in [-0.3, -0.25) is 9.48 Å². The molecule has 0 atom stereocenters. The van der Waals surface area contributed by atoms with Crippen LogP contribution in [0.2, 0.25) is 0 Å². The van der Waals surface area contributed by atoms with Crippen molar-refractivity contribution >= 4 is 28.1 Å². The van der Waals surface area contributed by atoms with Gasteiger partial charge in [-0.2, -0.15) is 5.10 Å². The van der Waals surface area contributed by atoms with E-state index in [1.165, 1.54) is 0 Å². The number of anilines is 2. The quantitative estimate of drug-likeness (QED) is 0.461. The third-order valence-electron chi connectivity index (χ3n) is 7.10. The van der Waals surface area contributed by atoms with Crippen molar-refractivity contribution in [3.63, 3.8) is 0 Å². The molecule has 4 aromatic rings. The minimum Gasteiger partial charge on any atom is -0.399 e. The monoisotopic (exact) mass is 441 g/mol. The lowest BCUT2D eigenvalue weighted by molar-refractivity contribution is 0.103. The zero-order valence-corrected chi connectivity index (χ0v) is 19.1. The van der Waals surface area contributed by atoms with Gasteiger partial charge in [-0.1, -0.05) is 19.9 Å². The molecule has 2 aliphatic rings. The number of benzene rings is 2. The van der Waals surface area contributed by atoms with E-state index < -0.39 is 0 Å². The van der Waals surface area contributed by atoms with Crippen molar-refractivity contribution < 1.29 is 9.53 Å². The summed E-state index contributed by atoms with van der Waals surface area (Å²) in [4.78, 5) is 19.8. The molecule has 0 saturated carbocycles. The Labute approximate surface area is 192 Å². The number of fused-ring (bicyclic) bond motifs is 4. The van der Waals surface area contributed by atoms with Gasteiger partial charge in [-0.05, 0) is 29.8 Å². The normalized spacial score (nSPS) is 17.3. The number of ketones is 1. The van der Waals surface area contributed by atoms with Gasteiger partial charge < -0.3 is 20.4 Å². The molecule has 33 heavy (non-hydrogen) atoms. The maximum Gasteiger partial charge on any atom is 0.195 e. The molecule has 1 aliphatic carbocycles. The lowest BCUT2D eigenvalue weighted by Crippen LogP contribution is -2.37. The van der Waals surface area contributed by atoms with E-state index in [-0.39, 0.29) is 11.2 Å². The number of carbonyl (C=O) groups excluding carboxylic acids is 1. The summed E-state index contributed by atoms with van der Waals surface area (Å²) in [6.45, 7) is 7.39. The molecule has 7 nitrogen and oxygen atoms in total. The fraction of sp³-hybridized carbons (Fsp3) is 0.308. The Morgan fingerprint density at radius 3 is 2.64 bits per heavy atom. The number of H-pyrrole nitrogens is 1. The molecule has 1 aliphatic heterocycles. The summed E-state index contributed by atoms with van der Waals surface area (Å²) in [7, 11) is 1.91. The number of aromatic amines is 1. The number of rotatable bonds is 2. The fourth-order valence-corrected chi connectivity index (χ4v) is 5.34. The van der Waals surface area contributed by atoms with Crippen LogP contribution >= 0.6 is 0 Å². The van der Waals surface area contributed by atoms with Gasteiger partial charge in [0.1, 0.15) is 0 Å². The number of aryl methyl sites for hydroxylation is 1. The second-order valence-corrected chi connectivity index (χ2v) is 9.55. The van der Waals surface area contributed by atoms with Gasteiger partial charge in [-0.15, -0.1) is 0 Å². The summed E-state index contributed by atoms with van der Waals surface area (Å²) in [5.74, 6) is 0.0500. The minimum absolute atomic E-state index is 0.0500. The fourth-order valence-electron chi connectivity index (χ4n) is 5.34. The standard InChI is InChI=1S/C26H27N5O2/c1-26(2)20-12-22(31-6-8-33-9-7-31)18(15-13-28-30(3)14-15)11-19(20)24(32)23-17-5-4-16(27)10-21(17)29-25(23)26/h4-5,10-14,29H,6-9,27H2,1-3H3. The first kappa shape index (κ1) is 20.1. The largest absolute Gasteiger partial charge is 0.399 e. The lowest BCUT2D eigenvalue weighted by atomic mass is 9.70. The number of carbonyl (C=O) groups is 1. The average molecular weight is 442 g/mol. The second kappa shape index (κ2) is 6.96. The third-order valence-corrected chi connectivity index (χ3v) is 7.10. The molecular formula is C26H27N5O2. The molecule has 0 bridgehead atoms. The summed E-state index contributed by atoms with van der Waals surface area (Å²) in [6, 6.07) is 9.99. The van der Waals surface area contributed by atoms with Crippen LogP contribution in [0, 0.1) is 0 Å². The van der Waals surface area contributed by atoms with E-state index in [1.54, 1.807) is 4.68 Å². The third kappa shape index (κ3) is 2.92. The Hall–Kier alpha value is -3.58. The zero-order valence-electron chi connectivity index (χ0n) is 19.1. The zero-order chi connectivity index (χ0) is 22.9. The second-order valence-electron chi connectivity index (χ2n) is 9.55. The lowest BCUT2D eigenvalue weighted by Gasteiger charge is -2.36. The van der Waals surface area contributed by atoms with Crippen LogP contribution in [0.5, 0.6) is 0 Å². The molecule has 1 fully saturated rings. The molecular weight excluding hydrogens is 414 g/mol. The highest BCUT2D eigenvalue weighted by Gasteiger charge is 2.40. The average Bonchev–Trinajstić information content (AvgIpc) is 3.41. The number of nitrogens with zero attached hydrogens (tertiary/aromatic N) is 3. The van der Waals surface area contributed by atoms with Gasteiger partial charge in [-0.25, -0.2) is 0 Å². The smallest absolute Gasteiger partial charge is 0.195 e. The van der Waals surface area contributed by atoms with Crippen molar-refractivity contribution in [3.8, 4) is 11.1 Å². The van der Waals surface area contributed by atoms with Crippen molar-refractivity contribution in [1.29, 1.82) is 0 Å². The summed E-state index contributed by atoms with van der Waals surface area (Å²) >= 11 is 0. The van der Waals surface area contributed by atoms with Crippen LogP contribution in [0.4, 0.5) is 11.4 Å². The SMILES string of the molecule is Cn1cc(-c2cc3c(cc2N2CCOCC2)C(C)(C)c2[nH]c4cc(N)ccc4c2C3=O)cn1. The van der Waals surface area contributed by atoms with Crippen LogP contribution < -0.4 is 10.6 Å². The first-order chi connectivity index (χ1) is 15.8. The molecule has 3 heterocycles. The van der Waals surface area contributed by atoms with Gasteiger partial charge in [0.05, 0.1) is 25.0 Å². The van der Waals surface area contributed by atoms with Crippen LogP contribution in [0.3, 0.4) is 0 Å². The van der Waals surface area contributed by atoms with Crippen molar-refractivity contribution in [2.75, 3.05) is 36.9 Å². The first-order valence-electron chi connectivity index (χ1n) is 11.3. The predicted octanol–water partition coefficient (Wildman–Crippen LogP) is 3.86. The van der Waals surface area contributed by atoms with E-state index in [0.717, 1.165) is 63.2 Å². The molecule has 0 amide bonds. The molecule has 2 aromatic heterocycles. The highest BCUT2D eigenvalue weighted by molar-refractivity contribution is 6.20. The number of ether oxygens (including phenoxy) is 1. The maximum absolute atomic E-state index is 13.9. The minimum atomic E-state index is -0.374. The molecule has 0 spiro atoms. The van der Waals surface area contributed by atoms with Crippen LogP contribution in [0.25, 0.3) is 22.0 Å². The van der Waals surface area contributed by atoms with Crippen LogP contribution in [0.15, 0.2) is 42.7 Å². The summed E-state index contributed by atoms with van der Waals surface area (Å²) in [5.41, 5.74) is 13.9.